The van der Waals surface area contributed by atoms with E-state index in [1.54, 1.807) is 12.1 Å². The van der Waals surface area contributed by atoms with Gasteiger partial charge >= 0.3 is 0 Å². The van der Waals surface area contributed by atoms with E-state index in [9.17, 15) is 9.59 Å². The molecule has 1 N–H and O–H groups in total. The van der Waals surface area contributed by atoms with Crippen LogP contribution in [0.5, 0.6) is 5.75 Å². The first kappa shape index (κ1) is 15.6. The van der Waals surface area contributed by atoms with Crippen molar-refractivity contribution in [3.05, 3.63) is 64.2 Å². The fraction of sp³-hybridized carbons (Fsp3) is 0.176. The van der Waals surface area contributed by atoms with Gasteiger partial charge in [-0.2, -0.15) is 0 Å². The molecule has 104 valence electrons. The predicted molar refractivity (Wildman–Crippen MR) is 79.5 cm³/mol. The topological polar surface area (TPSA) is 54.4 Å². The van der Waals surface area contributed by atoms with Crippen molar-refractivity contribution in [2.45, 2.75) is 20.8 Å². The molecule has 0 aliphatic rings. The van der Waals surface area contributed by atoms with Gasteiger partial charge in [-0.1, -0.05) is 6.07 Å². The van der Waals surface area contributed by atoms with Gasteiger partial charge in [0.15, 0.2) is 0 Å². The average molecular weight is 270 g/mol. The van der Waals surface area contributed by atoms with Crippen LogP contribution in [0.15, 0.2) is 36.4 Å². The Hall–Kier alpha value is -2.42. The van der Waals surface area contributed by atoms with Gasteiger partial charge in [-0.3, -0.25) is 9.59 Å². The number of carbonyl (C=O) groups excluding carboxylic acids is 2. The van der Waals surface area contributed by atoms with Gasteiger partial charge in [0.2, 0.25) is 0 Å². The molecule has 0 heterocycles. The lowest BCUT2D eigenvalue weighted by atomic mass is 10.0. The quantitative estimate of drug-likeness (QED) is 0.848. The third-order valence-electron chi connectivity index (χ3n) is 3.04. The van der Waals surface area contributed by atoms with Crippen LogP contribution in [0.4, 0.5) is 0 Å². The fourth-order valence-corrected chi connectivity index (χ4v) is 1.66. The highest BCUT2D eigenvalue weighted by atomic mass is 16.3. The van der Waals surface area contributed by atoms with Gasteiger partial charge < -0.3 is 5.11 Å². The molecule has 0 fully saturated rings. The minimum Gasteiger partial charge on any atom is -0.508 e. The van der Waals surface area contributed by atoms with E-state index in [1.807, 2.05) is 26.0 Å². The first-order valence-electron chi connectivity index (χ1n) is 6.25. The second kappa shape index (κ2) is 7.24. The number of carbonyl (C=O) groups is 2. The zero-order chi connectivity index (χ0) is 15.1. The van der Waals surface area contributed by atoms with Crippen LogP contribution in [0, 0.1) is 20.8 Å². The summed E-state index contributed by atoms with van der Waals surface area (Å²) in [4.78, 5) is 20.5. The number of hydrogen-bond acceptors (Lipinski definition) is 3. The maximum absolute atomic E-state index is 10.5. The SMILES string of the molecule is Cc1cc(C)c(C=O)cc1C.O=Cc1ccc(O)cc1. The summed E-state index contributed by atoms with van der Waals surface area (Å²) in [6, 6.07) is 10.0. The van der Waals surface area contributed by atoms with Gasteiger partial charge in [0.25, 0.3) is 0 Å². The molecule has 0 bridgehead atoms. The van der Waals surface area contributed by atoms with Crippen molar-refractivity contribution in [1.29, 1.82) is 0 Å². The van der Waals surface area contributed by atoms with Crippen LogP contribution in [0.3, 0.4) is 0 Å². The Bertz CT molecular complexity index is 598. The number of aromatic hydroxyl groups is 1. The number of benzene rings is 2. The van der Waals surface area contributed by atoms with Crippen molar-refractivity contribution in [2.75, 3.05) is 0 Å². The van der Waals surface area contributed by atoms with Crippen molar-refractivity contribution in [2.24, 2.45) is 0 Å². The fourth-order valence-electron chi connectivity index (χ4n) is 1.66. The van der Waals surface area contributed by atoms with Crippen LogP contribution in [0.25, 0.3) is 0 Å². The normalized spacial score (nSPS) is 9.35. The lowest BCUT2D eigenvalue weighted by Crippen LogP contribution is -1.90. The number of phenols is 1. The lowest BCUT2D eigenvalue weighted by molar-refractivity contribution is 0.111. The largest absolute Gasteiger partial charge is 0.508 e. The molecule has 0 saturated heterocycles. The summed E-state index contributed by atoms with van der Waals surface area (Å²) in [5.74, 6) is 0.181. The molecule has 0 unspecified atom stereocenters. The van der Waals surface area contributed by atoms with Crippen LogP contribution in [0.1, 0.15) is 37.4 Å². The van der Waals surface area contributed by atoms with Gasteiger partial charge in [-0.25, -0.2) is 0 Å². The van der Waals surface area contributed by atoms with Crippen molar-refractivity contribution in [3.8, 4) is 5.75 Å². The minimum absolute atomic E-state index is 0.181. The zero-order valence-electron chi connectivity index (χ0n) is 11.9. The monoisotopic (exact) mass is 270 g/mol. The number of hydrogen-bond donors (Lipinski definition) is 1. The van der Waals surface area contributed by atoms with E-state index >= 15 is 0 Å². The smallest absolute Gasteiger partial charge is 0.150 e. The van der Waals surface area contributed by atoms with E-state index < -0.39 is 0 Å². The molecule has 2 aromatic carbocycles. The molecule has 0 atom stereocenters. The summed E-state index contributed by atoms with van der Waals surface area (Å²) in [5.41, 5.74) is 4.86. The Morgan fingerprint density at radius 2 is 1.35 bits per heavy atom. The van der Waals surface area contributed by atoms with E-state index in [1.165, 1.54) is 23.3 Å². The maximum atomic E-state index is 10.5. The highest BCUT2D eigenvalue weighted by Gasteiger charge is 1.98. The van der Waals surface area contributed by atoms with Gasteiger partial charge in [-0.15, -0.1) is 0 Å². The summed E-state index contributed by atoms with van der Waals surface area (Å²) in [6.07, 6.45) is 1.64. The Morgan fingerprint density at radius 3 is 1.85 bits per heavy atom. The number of phenolic OH excluding ortho intramolecular Hbond substituents is 1. The van der Waals surface area contributed by atoms with E-state index in [0.29, 0.717) is 5.56 Å². The first-order chi connectivity index (χ1) is 9.47. The van der Waals surface area contributed by atoms with Gasteiger partial charge in [0, 0.05) is 11.1 Å². The molecule has 0 radical (unpaired) electrons. The molecule has 0 amide bonds. The molecule has 3 heteroatoms. The van der Waals surface area contributed by atoms with Crippen molar-refractivity contribution in [3.63, 3.8) is 0 Å². The molecule has 2 aromatic rings. The third kappa shape index (κ3) is 4.35. The Morgan fingerprint density at radius 1 is 0.800 bits per heavy atom. The van der Waals surface area contributed by atoms with Crippen LogP contribution in [-0.2, 0) is 0 Å². The molecular formula is C17H18O3. The van der Waals surface area contributed by atoms with Gasteiger partial charge in [0.1, 0.15) is 18.3 Å². The third-order valence-corrected chi connectivity index (χ3v) is 3.04. The van der Waals surface area contributed by atoms with E-state index in [0.717, 1.165) is 23.7 Å². The van der Waals surface area contributed by atoms with Crippen molar-refractivity contribution in [1.82, 2.24) is 0 Å². The maximum Gasteiger partial charge on any atom is 0.150 e. The Labute approximate surface area is 118 Å². The Kier molecular flexibility index (Phi) is 5.66. The molecule has 3 nitrogen and oxygen atoms in total. The van der Waals surface area contributed by atoms with Crippen LogP contribution < -0.4 is 0 Å². The summed E-state index contributed by atoms with van der Waals surface area (Å²) >= 11 is 0. The lowest BCUT2D eigenvalue weighted by Gasteiger charge is -2.03. The predicted octanol–water partition coefficient (Wildman–Crippen LogP) is 3.63. The molecular weight excluding hydrogens is 252 g/mol. The second-order valence-electron chi connectivity index (χ2n) is 4.62. The highest BCUT2D eigenvalue weighted by Crippen LogP contribution is 2.13. The van der Waals surface area contributed by atoms with Crippen LogP contribution in [-0.4, -0.2) is 17.7 Å². The molecule has 0 aliphatic carbocycles. The molecule has 0 aliphatic heterocycles. The molecule has 20 heavy (non-hydrogen) atoms. The molecule has 2 rings (SSSR count). The van der Waals surface area contributed by atoms with Crippen molar-refractivity contribution < 1.29 is 14.7 Å². The highest BCUT2D eigenvalue weighted by molar-refractivity contribution is 5.77. The van der Waals surface area contributed by atoms with Gasteiger partial charge in [-0.05, 0) is 67.8 Å². The van der Waals surface area contributed by atoms with E-state index in [4.69, 9.17) is 5.11 Å². The number of aryl methyl sites for hydroxylation is 3. The van der Waals surface area contributed by atoms with Crippen molar-refractivity contribution >= 4 is 12.6 Å². The van der Waals surface area contributed by atoms with E-state index in [2.05, 4.69) is 6.92 Å². The molecule has 0 aromatic heterocycles. The minimum atomic E-state index is 0.181. The van der Waals surface area contributed by atoms with E-state index in [-0.39, 0.29) is 5.75 Å². The number of rotatable bonds is 2. The zero-order valence-corrected chi connectivity index (χ0v) is 11.9. The summed E-state index contributed by atoms with van der Waals surface area (Å²) < 4.78 is 0. The Balaban J connectivity index is 0.000000204. The van der Waals surface area contributed by atoms with Crippen LogP contribution in [0.2, 0.25) is 0 Å². The second-order valence-corrected chi connectivity index (χ2v) is 4.62. The standard InChI is InChI=1S/C10H12O.C7H6O2/c1-7-4-9(3)10(6-11)5-8(7)2;8-5-6-1-3-7(9)4-2-6/h4-6H,1-3H3;1-5,9H. The average Bonchev–Trinajstić information content (AvgIpc) is 2.44. The molecule has 0 spiro atoms. The van der Waals surface area contributed by atoms with Gasteiger partial charge in [0.05, 0.1) is 0 Å². The number of aldehydes is 2. The van der Waals surface area contributed by atoms with Crippen LogP contribution >= 0.6 is 0 Å². The summed E-state index contributed by atoms with van der Waals surface area (Å²) in [6.45, 7) is 6.02. The first-order valence-corrected chi connectivity index (χ1v) is 6.25. The molecule has 0 saturated carbocycles. The summed E-state index contributed by atoms with van der Waals surface area (Å²) in [5, 5.41) is 8.74. The summed E-state index contributed by atoms with van der Waals surface area (Å²) in [7, 11) is 0.